The zero-order chi connectivity index (χ0) is 107. The van der Waals surface area contributed by atoms with Crippen molar-refractivity contribution in [3.8, 4) is 16.9 Å². The van der Waals surface area contributed by atoms with Gasteiger partial charge in [0.25, 0.3) is 0 Å². The number of aliphatic carboxylic acids is 1. The van der Waals surface area contributed by atoms with Crippen LogP contribution in [0.5, 0.6) is 5.75 Å². The number of para-hydroxylation sites is 1. The lowest BCUT2D eigenvalue weighted by Gasteiger charge is -2.32. The van der Waals surface area contributed by atoms with Gasteiger partial charge in [0.05, 0.1) is 18.3 Å². The van der Waals surface area contributed by atoms with Crippen LogP contribution in [0.1, 0.15) is 129 Å². The highest BCUT2D eigenvalue weighted by Crippen LogP contribution is 2.25. The summed E-state index contributed by atoms with van der Waals surface area (Å²) in [7, 11) is 1.21. The third-order valence-corrected chi connectivity index (χ3v) is 25.2. The number of hydrogen-bond donors (Lipinski definition) is 25. The van der Waals surface area contributed by atoms with Crippen molar-refractivity contribution in [2.24, 2.45) is 35.0 Å². The number of nitrogens with two attached hydrogens (primary N) is 3. The number of fused-ring (bicyclic) bond motifs is 1. The van der Waals surface area contributed by atoms with Gasteiger partial charge in [-0.2, -0.15) is 0 Å². The van der Waals surface area contributed by atoms with E-state index in [1.165, 1.54) is 71.1 Å². The summed E-state index contributed by atoms with van der Waals surface area (Å²) in [5.74, 6) is -23.7. The third-order valence-electron chi connectivity index (χ3n) is 24.1. The lowest BCUT2D eigenvalue weighted by molar-refractivity contribution is -0.142. The summed E-state index contributed by atoms with van der Waals surface area (Å²) in [4.78, 5) is 255. The Morgan fingerprint density at radius 3 is 1.42 bits per heavy atom. The third kappa shape index (κ3) is 36.7. The number of phenols is 1. The van der Waals surface area contributed by atoms with Crippen molar-refractivity contribution in [3.63, 3.8) is 0 Å². The Morgan fingerprint density at radius 2 is 0.884 bits per heavy atom. The molecule has 0 unspecified atom stereocenters. The number of aromatic nitrogens is 1. The number of carbonyl (C=O) groups excluding carboxylic acids is 16. The van der Waals surface area contributed by atoms with Gasteiger partial charge in [0.2, 0.25) is 94.5 Å². The normalized spacial score (nSPS) is 22.6. The van der Waals surface area contributed by atoms with Crippen molar-refractivity contribution < 1.29 is 101 Å². The molecule has 0 radical (unpaired) electrons. The maximum atomic E-state index is 15.6. The van der Waals surface area contributed by atoms with E-state index in [-0.39, 0.29) is 74.9 Å². The number of nitrogens with zero attached hydrogens (tertiary/aromatic N) is 1. The Bertz CT molecular complexity index is 5740. The van der Waals surface area contributed by atoms with Gasteiger partial charge in [0, 0.05) is 75.1 Å². The average molecular weight is 2040 g/mol. The van der Waals surface area contributed by atoms with Crippen LogP contribution in [0, 0.1) is 34.4 Å². The number of phenolic OH excluding ortho intramolecular Hbond substituents is 1. The predicted octanol–water partition coefficient (Wildman–Crippen LogP) is -0.181. The minimum atomic E-state index is -2.10. The monoisotopic (exact) mass is 2040 g/mol. The number of aliphatic hydroxyl groups is 1. The summed E-state index contributed by atoms with van der Waals surface area (Å²) in [6.07, 6.45) is -4.01. The number of hydrogen-bond acceptors (Lipinski definition) is 22. The second-order valence-corrected chi connectivity index (χ2v) is 38.1. The molecule has 16 amide bonds. The molecule has 146 heavy (non-hydrogen) atoms. The zero-order valence-electron chi connectivity index (χ0n) is 82.9. The highest BCUT2D eigenvalue weighted by molar-refractivity contribution is 8.00. The summed E-state index contributed by atoms with van der Waals surface area (Å²) in [5.41, 5.74) is 20.7. The Labute approximate surface area is 848 Å². The van der Waals surface area contributed by atoms with Gasteiger partial charge in [-0.1, -0.05) is 169 Å². The number of H-pyrrole nitrogens is 1. The highest BCUT2D eigenvalue weighted by atomic mass is 32.2. The average Bonchev–Trinajstić information content (AvgIpc) is 1.65. The number of amides is 16. The molecule has 16 atom stereocenters. The van der Waals surface area contributed by atoms with Crippen molar-refractivity contribution in [2.75, 3.05) is 31.6 Å². The fraction of sp³-hybridized carbons (Fsp3) is 0.436. The van der Waals surface area contributed by atoms with E-state index in [1.807, 2.05) is 30.3 Å². The molecule has 0 saturated carbocycles. The summed E-state index contributed by atoms with van der Waals surface area (Å²) >= 11 is 0.695. The lowest BCUT2D eigenvalue weighted by atomic mass is 9.98. The Kier molecular flexibility index (Phi) is 44.7. The van der Waals surface area contributed by atoms with Gasteiger partial charge < -0.3 is 127 Å². The largest absolute Gasteiger partial charge is 0.508 e. The molecule has 786 valence electrons. The van der Waals surface area contributed by atoms with Crippen LogP contribution in [0.2, 0.25) is 0 Å². The summed E-state index contributed by atoms with van der Waals surface area (Å²) < 4.78 is 15.2. The number of likely N-dealkylation sites (N-methyl/N-ethyl adjacent to an activating group) is 1. The summed E-state index contributed by atoms with van der Waals surface area (Å²) in [6.45, 7) is 13.1. The molecule has 1 aromatic heterocycles. The number of rotatable bonds is 29. The second kappa shape index (κ2) is 56.5. The van der Waals surface area contributed by atoms with Crippen molar-refractivity contribution >= 4 is 135 Å². The first kappa shape index (κ1) is 116. The van der Waals surface area contributed by atoms with Crippen LogP contribution in [0.3, 0.4) is 0 Å². The molecule has 43 nitrogen and oxygen atoms in total. The van der Waals surface area contributed by atoms with Crippen LogP contribution in [-0.4, -0.2) is 266 Å². The Balaban J connectivity index is 1.24. The number of halogens is 1. The SMILES string of the molecule is CC(C)C[C@@H]1NC(=O)[C@H](CCCNC(=N)N)NC(=O)[C@@H](Cc2cccc(F)c2)NC(=O)[C@H](C)N(C)C(=O)[C@H](CCCNC(=N)N)NC(=O)[C@H](Cc2ccc(-c3ccccc3)cc2)NC(=O)[C@H](C(C)C)NC(=O)[C@H](Cc2c[nH]c3ccccc23)NC(=O)[C@H](CC(=O)O)NC(=O)[C@H](Cc2ccc(O)cc2)NC(=O)[C@H](Cc2ccccc2)NC(=O)CSC[C@@H](C(=O)N[C@@H](C)C(N)=O)NC(=O)[C@H]([C@@H](C)O)NC(=O)[C@H](C(C)C)NC1=O. The number of thioether (sulfide) groups is 1. The van der Waals surface area contributed by atoms with Gasteiger partial charge in [-0.25, -0.2) is 4.39 Å². The van der Waals surface area contributed by atoms with E-state index >= 15 is 52.3 Å². The number of carboxylic acids is 1. The van der Waals surface area contributed by atoms with Crippen LogP contribution in [0.4, 0.5) is 4.39 Å². The van der Waals surface area contributed by atoms with E-state index in [0.717, 1.165) is 35.1 Å². The minimum absolute atomic E-state index is 0.00450. The molecule has 1 saturated heterocycles. The van der Waals surface area contributed by atoms with Crippen LogP contribution >= 0.6 is 11.8 Å². The van der Waals surface area contributed by atoms with Crippen molar-refractivity contribution in [1.82, 2.24) is 95.0 Å². The topological polar surface area (TPSA) is 688 Å². The van der Waals surface area contributed by atoms with Crippen LogP contribution < -0.4 is 102 Å². The molecule has 8 rings (SSSR count). The number of carbonyl (C=O) groups is 17. The van der Waals surface area contributed by atoms with E-state index in [0.29, 0.717) is 39.4 Å². The van der Waals surface area contributed by atoms with Gasteiger partial charge in [0.1, 0.15) is 102 Å². The zero-order valence-corrected chi connectivity index (χ0v) is 83.7. The molecule has 1 fully saturated rings. The number of nitrogens with one attached hydrogen (secondary N) is 19. The van der Waals surface area contributed by atoms with Crippen molar-refractivity contribution in [3.05, 3.63) is 198 Å². The minimum Gasteiger partial charge on any atom is -0.508 e. The number of aromatic hydroxyl groups is 1. The van der Waals surface area contributed by atoms with E-state index < -0.39 is 270 Å². The fourth-order valence-corrected chi connectivity index (χ4v) is 16.8. The Morgan fingerprint density at radius 1 is 0.466 bits per heavy atom. The molecule has 7 aromatic rings. The number of carboxylic acid groups (broad SMARTS) is 1. The fourth-order valence-electron chi connectivity index (χ4n) is 15.9. The standard InChI is InChI=1S/C101H134FN23O20S/c1-53(2)42-72-93(139)123-83(55(5)6)97(143)124-84(58(9)126)98(144)121-79(95(141)111-56(7)85(103)131)51-146-52-80(128)112-73(44-59-22-13-11-14-23-59)88(134)117-74(46-61-34-38-67(127)39-35-61)91(137)119-78(49-81(129)130)92(138)118-77(48-65-50-110-69-29-18-17-28-68(65)69)94(140)122-82(54(3)4)96(142)120-75(45-60-32-36-64(37-33-60)63-25-15-12-16-26-63)90(136)114-71(31-21-41-109-101(106)107)99(145)125(10)57(8)86(132)115-76(47-62-24-19-27-66(102)43-62)89(135)113-70(87(133)116-72)30-20-40-108-100(104)105/h11-19,22-29,32-39,43,50,53-58,70-79,82-84,110,126-127H,20-21,30-31,40-42,44-49,51-52H2,1-10H3,(H2,103,131)(H,111,141)(H,112,128)(H,113,135)(H,114,136)(H,115,132)(H,116,133)(H,117,134)(H,118,138)(H,119,137)(H,120,142)(H,121,144)(H,122,140)(H,123,139)(H,124,143)(H,129,130)(H4,104,105,108)(H4,106,107,109)/t56-,57-,58+,70-,71-,72-,73-,74-,75-,76+,77-,78-,79-,82-,83-,84-/m0/s1. The van der Waals surface area contributed by atoms with Crippen LogP contribution in [0.15, 0.2) is 164 Å². The van der Waals surface area contributed by atoms with Crippen LogP contribution in [-0.2, 0) is 114 Å². The van der Waals surface area contributed by atoms with Gasteiger partial charge in [0.15, 0.2) is 11.9 Å². The van der Waals surface area contributed by atoms with Crippen molar-refractivity contribution in [2.45, 2.75) is 230 Å². The summed E-state index contributed by atoms with van der Waals surface area (Å²) in [6, 6.07) is 16.3. The predicted molar refractivity (Wildman–Crippen MR) is 542 cm³/mol. The maximum Gasteiger partial charge on any atom is 0.305 e. The number of primary amides is 1. The molecule has 0 aliphatic carbocycles. The molecular formula is C101H134FN23O20S. The Hall–Kier alpha value is -15.6. The van der Waals surface area contributed by atoms with Gasteiger partial charge >= 0.3 is 5.97 Å². The first-order chi connectivity index (χ1) is 69.2. The number of aromatic amines is 1. The van der Waals surface area contributed by atoms with E-state index in [4.69, 9.17) is 28.0 Å². The highest BCUT2D eigenvalue weighted by Gasteiger charge is 2.42. The molecular weight excluding hydrogens is 1910 g/mol. The molecule has 0 spiro atoms. The van der Waals surface area contributed by atoms with E-state index in [1.54, 1.807) is 113 Å². The van der Waals surface area contributed by atoms with Crippen molar-refractivity contribution in [1.29, 1.82) is 10.8 Å². The molecule has 6 aromatic carbocycles. The first-order valence-electron chi connectivity index (χ1n) is 47.9. The smallest absolute Gasteiger partial charge is 0.305 e. The maximum absolute atomic E-state index is 15.6. The van der Waals surface area contributed by atoms with Gasteiger partial charge in [-0.3, -0.25) is 92.3 Å². The number of benzene rings is 6. The second-order valence-electron chi connectivity index (χ2n) is 37.0. The van der Waals surface area contributed by atoms with E-state index in [2.05, 4.69) is 90.1 Å². The molecule has 1 aliphatic rings. The van der Waals surface area contributed by atoms with Crippen LogP contribution in [0.25, 0.3) is 22.0 Å². The number of guanidine groups is 2. The van der Waals surface area contributed by atoms with Gasteiger partial charge in [-0.15, -0.1) is 11.8 Å². The van der Waals surface area contributed by atoms with Gasteiger partial charge in [-0.05, 0) is 140 Å². The summed E-state index contributed by atoms with van der Waals surface area (Å²) in [5, 5.41) is 90.3. The number of aliphatic hydroxyl groups excluding tert-OH is 1. The lowest BCUT2D eigenvalue weighted by Crippen LogP contribution is -2.63. The molecule has 2 heterocycles. The molecule has 1 aliphatic heterocycles. The van der Waals surface area contributed by atoms with E-state index in [9.17, 15) is 48.9 Å². The molecule has 0 bridgehead atoms. The molecule has 28 N–H and O–H groups in total. The first-order valence-corrected chi connectivity index (χ1v) is 49.1. The molecule has 45 heteroatoms. The quantitative estimate of drug-likeness (QED) is 0.0164.